The minimum absolute atomic E-state index is 0.0464. The van der Waals surface area contributed by atoms with E-state index < -0.39 is 6.29 Å². The first-order valence-corrected chi connectivity index (χ1v) is 8.95. The van der Waals surface area contributed by atoms with Crippen LogP contribution in [0.1, 0.15) is 32.3 Å². The monoisotopic (exact) mass is 333 g/mol. The van der Waals surface area contributed by atoms with Gasteiger partial charge in [0.25, 0.3) is 0 Å². The number of amides is 1. The molecule has 1 aromatic carbocycles. The van der Waals surface area contributed by atoms with Crippen LogP contribution in [0, 0.1) is 5.92 Å². The van der Waals surface area contributed by atoms with Gasteiger partial charge in [-0.3, -0.25) is 4.79 Å². The molecule has 1 amide bonds. The number of ether oxygens (including phenoxy) is 3. The fourth-order valence-electron chi connectivity index (χ4n) is 3.74. The number of benzene rings is 1. The molecule has 24 heavy (non-hydrogen) atoms. The second-order valence-corrected chi connectivity index (χ2v) is 6.30. The van der Waals surface area contributed by atoms with E-state index in [1.54, 1.807) is 0 Å². The van der Waals surface area contributed by atoms with Crippen molar-refractivity contribution < 1.29 is 19.0 Å². The lowest BCUT2D eigenvalue weighted by molar-refractivity contribution is -0.232. The van der Waals surface area contributed by atoms with Gasteiger partial charge >= 0.3 is 0 Å². The molecule has 2 fully saturated rings. The Balaban J connectivity index is 1.67. The van der Waals surface area contributed by atoms with Gasteiger partial charge in [0.1, 0.15) is 5.92 Å². The number of hydrogen-bond donors (Lipinski definition) is 0. The first kappa shape index (κ1) is 17.4. The number of nitrogens with zero attached hydrogens (tertiary/aromatic N) is 1. The Morgan fingerprint density at radius 2 is 1.88 bits per heavy atom. The molecule has 0 saturated carbocycles. The Morgan fingerprint density at radius 1 is 1.17 bits per heavy atom. The van der Waals surface area contributed by atoms with E-state index in [0.717, 1.165) is 24.9 Å². The molecule has 2 saturated heterocycles. The Kier molecular flexibility index (Phi) is 5.87. The van der Waals surface area contributed by atoms with Crippen LogP contribution in [0.5, 0.6) is 0 Å². The average Bonchev–Trinajstić information content (AvgIpc) is 2.61. The van der Waals surface area contributed by atoms with Gasteiger partial charge in [-0.05, 0) is 32.3 Å². The van der Waals surface area contributed by atoms with Gasteiger partial charge < -0.3 is 19.1 Å². The predicted molar refractivity (Wildman–Crippen MR) is 90.3 cm³/mol. The first-order chi connectivity index (χ1) is 11.8. The summed E-state index contributed by atoms with van der Waals surface area (Å²) in [5.74, 6) is -0.106. The maximum Gasteiger partial charge on any atom is 0.233 e. The lowest BCUT2D eigenvalue weighted by atomic mass is 9.78. The van der Waals surface area contributed by atoms with Gasteiger partial charge in [0, 0.05) is 19.8 Å². The van der Waals surface area contributed by atoms with Crippen LogP contribution in [0.25, 0.3) is 0 Å². The van der Waals surface area contributed by atoms with Crippen molar-refractivity contribution in [2.45, 2.75) is 51.7 Å². The zero-order valence-corrected chi connectivity index (χ0v) is 14.5. The van der Waals surface area contributed by atoms with E-state index in [4.69, 9.17) is 14.2 Å². The van der Waals surface area contributed by atoms with Gasteiger partial charge in [-0.2, -0.15) is 0 Å². The SMILES string of the molecule is CCOC(OCC)[C@H]1C(=O)N2CCC[C@H](OCc3ccccc3)[C@@H]12. The van der Waals surface area contributed by atoms with Crippen molar-refractivity contribution in [3.63, 3.8) is 0 Å². The topological polar surface area (TPSA) is 48.0 Å². The molecular formula is C19H27NO4. The van der Waals surface area contributed by atoms with Crippen LogP contribution in [0.2, 0.25) is 0 Å². The maximum absolute atomic E-state index is 12.5. The van der Waals surface area contributed by atoms with E-state index >= 15 is 0 Å². The Bertz CT molecular complexity index is 529. The largest absolute Gasteiger partial charge is 0.371 e. The molecule has 3 atom stereocenters. The zero-order valence-electron chi connectivity index (χ0n) is 14.5. The van der Waals surface area contributed by atoms with Gasteiger partial charge in [-0.15, -0.1) is 0 Å². The summed E-state index contributed by atoms with van der Waals surface area (Å²) in [5.41, 5.74) is 1.16. The Labute approximate surface area is 143 Å². The summed E-state index contributed by atoms with van der Waals surface area (Å²) in [7, 11) is 0. The summed E-state index contributed by atoms with van der Waals surface area (Å²) >= 11 is 0. The number of β-lactam (4-membered cyclic amide) rings is 1. The van der Waals surface area contributed by atoms with Gasteiger partial charge in [0.15, 0.2) is 6.29 Å². The molecule has 0 unspecified atom stereocenters. The summed E-state index contributed by atoms with van der Waals surface area (Å²) in [5, 5.41) is 0. The lowest BCUT2D eigenvalue weighted by Crippen LogP contribution is -2.71. The van der Waals surface area contributed by atoms with Crippen LogP contribution >= 0.6 is 0 Å². The Hall–Kier alpha value is -1.43. The maximum atomic E-state index is 12.5. The van der Waals surface area contributed by atoms with Gasteiger partial charge in [0.2, 0.25) is 5.91 Å². The molecule has 1 aromatic rings. The normalized spacial score (nSPS) is 26.4. The quantitative estimate of drug-likeness (QED) is 0.542. The molecule has 5 heteroatoms. The van der Waals surface area contributed by atoms with E-state index in [2.05, 4.69) is 12.1 Å². The van der Waals surface area contributed by atoms with Crippen LogP contribution in [0.4, 0.5) is 0 Å². The summed E-state index contributed by atoms with van der Waals surface area (Å²) < 4.78 is 17.6. The molecule has 5 nitrogen and oxygen atoms in total. The van der Waals surface area contributed by atoms with E-state index in [-0.39, 0.29) is 24.0 Å². The van der Waals surface area contributed by atoms with Crippen LogP contribution in [-0.4, -0.2) is 49.0 Å². The van der Waals surface area contributed by atoms with Gasteiger partial charge in [0.05, 0.1) is 18.8 Å². The highest BCUT2D eigenvalue weighted by atomic mass is 16.7. The number of piperidine rings is 1. The van der Waals surface area contributed by atoms with Crippen molar-refractivity contribution in [3.05, 3.63) is 35.9 Å². The zero-order chi connectivity index (χ0) is 16.9. The van der Waals surface area contributed by atoms with Crippen LogP contribution in [-0.2, 0) is 25.6 Å². The van der Waals surface area contributed by atoms with E-state index in [9.17, 15) is 4.79 Å². The summed E-state index contributed by atoms with van der Waals surface area (Å²) in [6.07, 6.45) is 1.55. The lowest BCUT2D eigenvalue weighted by Gasteiger charge is -2.54. The number of fused-ring (bicyclic) bond motifs is 1. The van der Waals surface area contributed by atoms with Crippen molar-refractivity contribution in [1.82, 2.24) is 4.90 Å². The second kappa shape index (κ2) is 8.10. The van der Waals surface area contributed by atoms with E-state index in [0.29, 0.717) is 19.8 Å². The molecule has 0 aromatic heterocycles. The highest BCUT2D eigenvalue weighted by Crippen LogP contribution is 2.39. The third-order valence-electron chi connectivity index (χ3n) is 4.83. The molecule has 0 spiro atoms. The van der Waals surface area contributed by atoms with Gasteiger partial charge in [-0.25, -0.2) is 0 Å². The number of carbonyl (C=O) groups is 1. The first-order valence-electron chi connectivity index (χ1n) is 8.95. The molecule has 0 radical (unpaired) electrons. The minimum Gasteiger partial charge on any atom is -0.371 e. The minimum atomic E-state index is -0.463. The Morgan fingerprint density at radius 3 is 2.54 bits per heavy atom. The van der Waals surface area contributed by atoms with Crippen molar-refractivity contribution >= 4 is 5.91 Å². The van der Waals surface area contributed by atoms with Gasteiger partial charge in [-0.1, -0.05) is 30.3 Å². The number of hydrogen-bond acceptors (Lipinski definition) is 4. The highest BCUT2D eigenvalue weighted by Gasteiger charge is 2.56. The van der Waals surface area contributed by atoms with Crippen LogP contribution in [0.15, 0.2) is 30.3 Å². The molecule has 2 aliphatic rings. The predicted octanol–water partition coefficient (Wildman–Crippen LogP) is 2.59. The fourth-order valence-corrected chi connectivity index (χ4v) is 3.74. The third kappa shape index (κ3) is 3.48. The van der Waals surface area contributed by atoms with E-state index in [1.807, 2.05) is 36.9 Å². The second-order valence-electron chi connectivity index (χ2n) is 6.30. The molecule has 0 bridgehead atoms. The summed E-state index contributed by atoms with van der Waals surface area (Å²) in [4.78, 5) is 14.5. The van der Waals surface area contributed by atoms with Crippen molar-refractivity contribution in [1.29, 1.82) is 0 Å². The standard InChI is InChI=1S/C19H27NO4/c1-3-22-19(23-4-2)16-17-15(11-8-12-20(17)18(16)21)24-13-14-9-6-5-7-10-14/h5-7,9-10,15-17,19H,3-4,8,11-13H2,1-2H3/t15-,16+,17-/m0/s1. The van der Waals surface area contributed by atoms with Crippen LogP contribution in [0.3, 0.4) is 0 Å². The van der Waals surface area contributed by atoms with E-state index in [1.165, 1.54) is 0 Å². The molecule has 2 aliphatic heterocycles. The molecule has 132 valence electrons. The highest BCUT2D eigenvalue weighted by molar-refractivity contribution is 5.87. The molecule has 0 aliphatic carbocycles. The van der Waals surface area contributed by atoms with Crippen LogP contribution < -0.4 is 0 Å². The summed E-state index contributed by atoms with van der Waals surface area (Å²) in [6, 6.07) is 10.2. The number of carbonyl (C=O) groups excluding carboxylic acids is 1. The molecule has 0 N–H and O–H groups in total. The number of rotatable bonds is 8. The smallest absolute Gasteiger partial charge is 0.233 e. The molecule has 2 heterocycles. The molecule has 3 rings (SSSR count). The van der Waals surface area contributed by atoms with Crippen molar-refractivity contribution in [3.8, 4) is 0 Å². The molecular weight excluding hydrogens is 306 g/mol. The van der Waals surface area contributed by atoms with Crippen molar-refractivity contribution in [2.24, 2.45) is 5.92 Å². The summed E-state index contributed by atoms with van der Waals surface area (Å²) in [6.45, 7) is 6.32. The van der Waals surface area contributed by atoms with Crippen molar-refractivity contribution in [2.75, 3.05) is 19.8 Å². The third-order valence-corrected chi connectivity index (χ3v) is 4.83. The average molecular weight is 333 g/mol. The fraction of sp³-hybridized carbons (Fsp3) is 0.632.